The Bertz CT molecular complexity index is 1450. The van der Waals surface area contributed by atoms with E-state index in [1.807, 2.05) is 6.07 Å². The summed E-state index contributed by atoms with van der Waals surface area (Å²) in [6, 6.07) is 7.79. The van der Waals surface area contributed by atoms with E-state index in [9.17, 15) is 18.0 Å². The Morgan fingerprint density at radius 2 is 2.06 bits per heavy atom. The number of nitrogens with zero attached hydrogens (tertiary/aromatic N) is 4. The van der Waals surface area contributed by atoms with Gasteiger partial charge in [-0.1, -0.05) is 6.07 Å². The number of fused-ring (bicyclic) bond motifs is 2. The fourth-order valence-electron chi connectivity index (χ4n) is 5.92. The molecule has 1 spiro atoms. The highest BCUT2D eigenvalue weighted by Crippen LogP contribution is 2.53. The Labute approximate surface area is 197 Å². The van der Waals surface area contributed by atoms with E-state index in [4.69, 9.17) is 0 Å². The SMILES string of the molecule is Cn1c(=O)[nH]c2ccc(CC3CC4(CCN(c5ncnc6sc(CC(F)(F)F)cc56)C4)C3)cc21. The second-order valence-corrected chi connectivity index (χ2v) is 11.0. The van der Waals surface area contributed by atoms with E-state index in [1.165, 1.54) is 11.9 Å². The highest BCUT2D eigenvalue weighted by Gasteiger charge is 2.48. The van der Waals surface area contributed by atoms with Crippen LogP contribution in [0.4, 0.5) is 19.0 Å². The van der Waals surface area contributed by atoms with Crippen LogP contribution in [0.3, 0.4) is 0 Å². The first-order valence-electron chi connectivity index (χ1n) is 11.4. The molecule has 1 N–H and O–H groups in total. The Kier molecular flexibility index (Phi) is 4.81. The number of aromatic nitrogens is 4. The molecular weight excluding hydrogens is 463 g/mol. The number of aromatic amines is 1. The lowest BCUT2D eigenvalue weighted by Gasteiger charge is -2.45. The lowest BCUT2D eigenvalue weighted by atomic mass is 9.60. The number of anilines is 1. The van der Waals surface area contributed by atoms with E-state index in [1.54, 1.807) is 17.7 Å². The van der Waals surface area contributed by atoms with Gasteiger partial charge in [-0.2, -0.15) is 13.2 Å². The molecule has 2 aliphatic rings. The number of hydrogen-bond donors (Lipinski definition) is 1. The number of rotatable bonds is 4. The highest BCUT2D eigenvalue weighted by atomic mass is 32.1. The normalized spacial score (nSPS) is 22.8. The fourth-order valence-corrected chi connectivity index (χ4v) is 6.94. The van der Waals surface area contributed by atoms with Crippen molar-refractivity contribution in [3.05, 3.63) is 51.5 Å². The predicted octanol–water partition coefficient (Wildman–Crippen LogP) is 4.83. The van der Waals surface area contributed by atoms with Crippen LogP contribution in [-0.2, 0) is 19.9 Å². The molecule has 4 heterocycles. The zero-order chi connectivity index (χ0) is 23.7. The van der Waals surface area contributed by atoms with E-state index in [0.29, 0.717) is 10.7 Å². The molecule has 2 fully saturated rings. The molecule has 10 heteroatoms. The molecule has 1 aliphatic carbocycles. The first-order chi connectivity index (χ1) is 16.2. The van der Waals surface area contributed by atoms with Crippen molar-refractivity contribution in [2.75, 3.05) is 18.0 Å². The number of imidazole rings is 1. The molecule has 0 bridgehead atoms. The Morgan fingerprint density at radius 3 is 2.85 bits per heavy atom. The molecule has 0 amide bonds. The van der Waals surface area contributed by atoms with Gasteiger partial charge in [0.05, 0.1) is 22.8 Å². The molecule has 1 aliphatic heterocycles. The summed E-state index contributed by atoms with van der Waals surface area (Å²) in [5, 5.41) is 0.727. The molecule has 34 heavy (non-hydrogen) atoms. The van der Waals surface area contributed by atoms with Crippen LogP contribution in [0.15, 0.2) is 35.4 Å². The van der Waals surface area contributed by atoms with Crippen molar-refractivity contribution in [1.29, 1.82) is 0 Å². The van der Waals surface area contributed by atoms with Gasteiger partial charge < -0.3 is 9.88 Å². The van der Waals surface area contributed by atoms with Crippen LogP contribution in [0.2, 0.25) is 0 Å². The Hall–Kier alpha value is -2.88. The maximum atomic E-state index is 12.9. The lowest BCUT2D eigenvalue weighted by Crippen LogP contribution is -2.40. The number of halogens is 3. The standard InChI is InChI=1S/C24H24F3N5OS/c1-31-19-7-14(2-3-18(19)30-22(31)33)6-15-9-23(10-15)4-5-32(12-23)20-17-8-16(11-24(25,26)27)34-21(17)29-13-28-20/h2-3,7-8,13,15H,4-6,9-12H2,1H3,(H,30,33). The van der Waals surface area contributed by atoms with E-state index < -0.39 is 12.6 Å². The quantitative estimate of drug-likeness (QED) is 0.448. The third-order valence-corrected chi connectivity index (χ3v) is 8.45. The third kappa shape index (κ3) is 3.77. The maximum absolute atomic E-state index is 12.9. The van der Waals surface area contributed by atoms with Gasteiger partial charge in [0.2, 0.25) is 0 Å². The summed E-state index contributed by atoms with van der Waals surface area (Å²) in [5.74, 6) is 1.35. The van der Waals surface area contributed by atoms with Gasteiger partial charge in [0.15, 0.2) is 0 Å². The first-order valence-corrected chi connectivity index (χ1v) is 12.2. The van der Waals surface area contributed by atoms with Gasteiger partial charge in [-0.05, 0) is 60.8 Å². The molecule has 178 valence electrons. The predicted molar refractivity (Wildman–Crippen MR) is 126 cm³/mol. The van der Waals surface area contributed by atoms with E-state index >= 15 is 0 Å². The van der Waals surface area contributed by atoms with Crippen LogP contribution in [-0.4, -0.2) is 38.8 Å². The van der Waals surface area contributed by atoms with Crippen molar-refractivity contribution in [3.8, 4) is 0 Å². The number of hydrogen-bond acceptors (Lipinski definition) is 5. The molecule has 0 atom stereocenters. The van der Waals surface area contributed by atoms with Gasteiger partial charge in [0.1, 0.15) is 17.0 Å². The summed E-state index contributed by atoms with van der Waals surface area (Å²) in [6.45, 7) is 1.74. The molecule has 1 saturated heterocycles. The molecular formula is C24H24F3N5OS. The molecule has 6 nitrogen and oxygen atoms in total. The average Bonchev–Trinajstić information content (AvgIpc) is 3.43. The van der Waals surface area contributed by atoms with E-state index in [-0.39, 0.29) is 16.0 Å². The molecule has 6 rings (SSSR count). The van der Waals surface area contributed by atoms with Crippen molar-refractivity contribution in [2.45, 2.75) is 38.3 Å². The third-order valence-electron chi connectivity index (χ3n) is 7.41. The minimum Gasteiger partial charge on any atom is -0.355 e. The van der Waals surface area contributed by atoms with Gasteiger partial charge in [-0.3, -0.25) is 4.57 Å². The second kappa shape index (κ2) is 7.56. The number of thiophene rings is 1. The fraction of sp³-hybridized carbons (Fsp3) is 0.458. The number of alkyl halides is 3. The number of H-pyrrole nitrogens is 1. The van der Waals surface area contributed by atoms with Crippen molar-refractivity contribution in [1.82, 2.24) is 19.5 Å². The number of nitrogens with one attached hydrogen (secondary N) is 1. The highest BCUT2D eigenvalue weighted by molar-refractivity contribution is 7.18. The topological polar surface area (TPSA) is 66.8 Å². The zero-order valence-corrected chi connectivity index (χ0v) is 19.5. The Morgan fingerprint density at radius 1 is 1.24 bits per heavy atom. The van der Waals surface area contributed by atoms with Crippen LogP contribution in [0.25, 0.3) is 21.3 Å². The summed E-state index contributed by atoms with van der Waals surface area (Å²) in [7, 11) is 1.78. The minimum atomic E-state index is -4.23. The summed E-state index contributed by atoms with van der Waals surface area (Å²) in [6.07, 6.45) is 0.620. The van der Waals surface area contributed by atoms with E-state index in [0.717, 1.165) is 72.3 Å². The minimum absolute atomic E-state index is 0.101. The molecule has 1 aromatic carbocycles. The summed E-state index contributed by atoms with van der Waals surface area (Å²) in [5.41, 5.74) is 3.17. The van der Waals surface area contributed by atoms with Crippen LogP contribution >= 0.6 is 11.3 Å². The smallest absolute Gasteiger partial charge is 0.355 e. The lowest BCUT2D eigenvalue weighted by molar-refractivity contribution is -0.126. The van der Waals surface area contributed by atoms with Crippen LogP contribution < -0.4 is 10.6 Å². The van der Waals surface area contributed by atoms with Gasteiger partial charge in [0.25, 0.3) is 0 Å². The molecule has 0 unspecified atom stereocenters. The first kappa shape index (κ1) is 21.6. The van der Waals surface area contributed by atoms with Crippen LogP contribution in [0.5, 0.6) is 0 Å². The largest absolute Gasteiger partial charge is 0.393 e. The molecule has 1 saturated carbocycles. The molecule has 0 radical (unpaired) electrons. The number of aryl methyl sites for hydroxylation is 1. The van der Waals surface area contributed by atoms with Crippen molar-refractivity contribution in [3.63, 3.8) is 0 Å². The van der Waals surface area contributed by atoms with Crippen LogP contribution in [0, 0.1) is 11.3 Å². The monoisotopic (exact) mass is 487 g/mol. The van der Waals surface area contributed by atoms with Gasteiger partial charge >= 0.3 is 11.9 Å². The zero-order valence-electron chi connectivity index (χ0n) is 18.7. The van der Waals surface area contributed by atoms with Crippen molar-refractivity contribution in [2.24, 2.45) is 18.4 Å². The maximum Gasteiger partial charge on any atom is 0.393 e. The van der Waals surface area contributed by atoms with Gasteiger partial charge in [-0.15, -0.1) is 11.3 Å². The van der Waals surface area contributed by atoms with Crippen LogP contribution in [0.1, 0.15) is 29.7 Å². The summed E-state index contributed by atoms with van der Waals surface area (Å²) < 4.78 is 40.2. The summed E-state index contributed by atoms with van der Waals surface area (Å²) in [4.78, 5) is 26.5. The van der Waals surface area contributed by atoms with Gasteiger partial charge in [0, 0.05) is 25.0 Å². The van der Waals surface area contributed by atoms with Gasteiger partial charge in [-0.25, -0.2) is 14.8 Å². The summed E-state index contributed by atoms with van der Waals surface area (Å²) >= 11 is 1.10. The van der Waals surface area contributed by atoms with E-state index in [2.05, 4.69) is 32.0 Å². The molecule has 4 aromatic rings. The van der Waals surface area contributed by atoms with Crippen molar-refractivity contribution < 1.29 is 13.2 Å². The number of benzene rings is 1. The molecule has 3 aromatic heterocycles. The average molecular weight is 488 g/mol. The Balaban J connectivity index is 1.14. The second-order valence-electron chi connectivity index (χ2n) is 9.91. The van der Waals surface area contributed by atoms with Crippen molar-refractivity contribution >= 4 is 38.4 Å².